The van der Waals surface area contributed by atoms with Crippen LogP contribution >= 0.6 is 11.8 Å². The molecule has 0 saturated heterocycles. The van der Waals surface area contributed by atoms with Crippen molar-refractivity contribution in [2.24, 2.45) is 0 Å². The number of carboxylic acid groups (broad SMARTS) is 1. The summed E-state index contributed by atoms with van der Waals surface area (Å²) in [6.45, 7) is 3.33. The van der Waals surface area contributed by atoms with Gasteiger partial charge >= 0.3 is 11.9 Å². The summed E-state index contributed by atoms with van der Waals surface area (Å²) in [7, 11) is 0. The van der Waals surface area contributed by atoms with Crippen LogP contribution in [-0.2, 0) is 9.53 Å². The molecule has 0 amide bonds. The maximum Gasteiger partial charge on any atom is 0.383 e. The molecule has 1 aromatic rings. The van der Waals surface area contributed by atoms with Crippen molar-refractivity contribution in [1.82, 2.24) is 4.57 Å². The SMILES string of the molecule is CCOC(=O)c1c(C)n([C@@H](CCSC)C(=O)O)c[n+]1[O-]. The highest BCUT2D eigenvalue weighted by molar-refractivity contribution is 7.98. The van der Waals surface area contributed by atoms with Crippen molar-refractivity contribution in [3.8, 4) is 0 Å². The van der Waals surface area contributed by atoms with E-state index in [1.54, 1.807) is 6.92 Å². The van der Waals surface area contributed by atoms with Gasteiger partial charge in [0.2, 0.25) is 6.33 Å². The molecule has 0 aliphatic heterocycles. The zero-order chi connectivity index (χ0) is 15.3. The molecule has 0 aromatic carbocycles. The van der Waals surface area contributed by atoms with Crippen LogP contribution in [0.4, 0.5) is 0 Å². The zero-order valence-corrected chi connectivity index (χ0v) is 12.5. The zero-order valence-electron chi connectivity index (χ0n) is 11.7. The van der Waals surface area contributed by atoms with Gasteiger partial charge in [-0.2, -0.15) is 11.8 Å². The fourth-order valence-corrected chi connectivity index (χ4v) is 2.36. The average molecular weight is 302 g/mol. The van der Waals surface area contributed by atoms with Gasteiger partial charge in [0, 0.05) is 13.3 Å². The number of rotatable bonds is 7. The largest absolute Gasteiger partial charge is 0.710 e. The topological polar surface area (TPSA) is 95.5 Å². The first kappa shape index (κ1) is 16.4. The lowest BCUT2D eigenvalue weighted by Crippen LogP contribution is -2.32. The van der Waals surface area contributed by atoms with Crippen molar-refractivity contribution in [3.05, 3.63) is 22.9 Å². The molecule has 0 fully saturated rings. The van der Waals surface area contributed by atoms with Crippen LogP contribution in [0.2, 0.25) is 0 Å². The van der Waals surface area contributed by atoms with E-state index in [9.17, 15) is 19.9 Å². The van der Waals surface area contributed by atoms with Crippen molar-refractivity contribution in [1.29, 1.82) is 0 Å². The van der Waals surface area contributed by atoms with E-state index in [0.717, 1.165) is 6.33 Å². The summed E-state index contributed by atoms with van der Waals surface area (Å²) in [5.41, 5.74) is 0.134. The van der Waals surface area contributed by atoms with Gasteiger partial charge in [0.1, 0.15) is 0 Å². The van der Waals surface area contributed by atoms with Crippen LogP contribution in [0.3, 0.4) is 0 Å². The van der Waals surface area contributed by atoms with Crippen molar-refractivity contribution in [2.45, 2.75) is 26.3 Å². The van der Waals surface area contributed by atoms with Crippen LogP contribution in [0.5, 0.6) is 0 Å². The predicted octanol–water partition coefficient (Wildman–Crippen LogP) is 0.985. The summed E-state index contributed by atoms with van der Waals surface area (Å²) < 4.78 is 6.48. The molecule has 1 N–H and O–H groups in total. The lowest BCUT2D eigenvalue weighted by atomic mass is 10.2. The lowest BCUT2D eigenvalue weighted by molar-refractivity contribution is -0.608. The average Bonchev–Trinajstić information content (AvgIpc) is 2.65. The summed E-state index contributed by atoms with van der Waals surface area (Å²) >= 11 is 1.52. The smallest absolute Gasteiger partial charge is 0.383 e. The van der Waals surface area contributed by atoms with Crippen molar-refractivity contribution >= 4 is 23.7 Å². The molecule has 0 saturated carbocycles. The molecule has 7 nitrogen and oxygen atoms in total. The van der Waals surface area contributed by atoms with Crippen LogP contribution < -0.4 is 4.73 Å². The van der Waals surface area contributed by atoms with E-state index >= 15 is 0 Å². The molecule has 0 aliphatic carbocycles. The number of carbonyl (C=O) groups excluding carboxylic acids is 1. The maximum absolute atomic E-state index is 11.8. The monoisotopic (exact) mass is 302 g/mol. The second-order valence-corrected chi connectivity index (χ2v) is 5.12. The van der Waals surface area contributed by atoms with Crippen LogP contribution in [0, 0.1) is 12.1 Å². The molecule has 0 aliphatic rings. The number of hydrogen-bond acceptors (Lipinski definition) is 5. The molecular formula is C12H18N2O5S. The molecule has 20 heavy (non-hydrogen) atoms. The Kier molecular flexibility index (Phi) is 5.87. The van der Waals surface area contributed by atoms with E-state index < -0.39 is 18.0 Å². The number of carbonyl (C=O) groups is 2. The first-order chi connectivity index (χ1) is 9.43. The minimum Gasteiger partial charge on any atom is -0.710 e. The van der Waals surface area contributed by atoms with Crippen LogP contribution in [-0.4, -0.2) is 40.2 Å². The highest BCUT2D eigenvalue weighted by Crippen LogP contribution is 2.18. The quantitative estimate of drug-likeness (QED) is 0.458. The van der Waals surface area contributed by atoms with E-state index in [4.69, 9.17) is 4.74 Å². The Bertz CT molecular complexity index is 500. The second-order valence-electron chi connectivity index (χ2n) is 4.14. The lowest BCUT2D eigenvalue weighted by Gasteiger charge is -2.09. The molecule has 1 heterocycles. The Morgan fingerprint density at radius 3 is 2.75 bits per heavy atom. The highest BCUT2D eigenvalue weighted by atomic mass is 32.2. The number of imidazole rings is 1. The Balaban J connectivity index is 3.15. The van der Waals surface area contributed by atoms with Gasteiger partial charge in [-0.3, -0.25) is 0 Å². The van der Waals surface area contributed by atoms with E-state index in [0.29, 0.717) is 22.6 Å². The van der Waals surface area contributed by atoms with Gasteiger partial charge in [-0.1, -0.05) is 0 Å². The number of carboxylic acids is 1. The van der Waals surface area contributed by atoms with Crippen molar-refractivity contribution in [3.63, 3.8) is 0 Å². The first-order valence-electron chi connectivity index (χ1n) is 6.13. The minimum absolute atomic E-state index is 0.151. The summed E-state index contributed by atoms with van der Waals surface area (Å²) in [6, 6.07) is -0.870. The predicted molar refractivity (Wildman–Crippen MR) is 73.8 cm³/mol. The molecule has 0 radical (unpaired) electrons. The fourth-order valence-electron chi connectivity index (χ4n) is 1.90. The molecule has 8 heteroatoms. The molecule has 1 atom stereocenters. The van der Waals surface area contributed by atoms with Gasteiger partial charge in [0.25, 0.3) is 5.69 Å². The number of aromatic nitrogens is 2. The standard InChI is InChI=1S/C12H18N2O5S/c1-4-19-12(17)10-8(2)13(7-14(10)18)9(11(15)16)5-6-20-3/h7,9H,4-6H2,1-3H3,(H,15,16)/t9-/m0/s1. The summed E-state index contributed by atoms with van der Waals surface area (Å²) in [6.07, 6.45) is 3.33. The third kappa shape index (κ3) is 3.44. The van der Waals surface area contributed by atoms with Gasteiger partial charge in [-0.05, 0) is 18.9 Å². The van der Waals surface area contributed by atoms with E-state index in [1.165, 1.54) is 23.3 Å². The summed E-state index contributed by atoms with van der Waals surface area (Å²) in [5.74, 6) is -1.14. The van der Waals surface area contributed by atoms with E-state index in [2.05, 4.69) is 0 Å². The first-order valence-corrected chi connectivity index (χ1v) is 7.52. The third-order valence-corrected chi connectivity index (χ3v) is 3.51. The fraction of sp³-hybridized carbons (Fsp3) is 0.583. The van der Waals surface area contributed by atoms with Gasteiger partial charge in [0.15, 0.2) is 11.7 Å². The Labute approximate surface area is 121 Å². The van der Waals surface area contributed by atoms with Crippen LogP contribution in [0.1, 0.15) is 35.6 Å². The highest BCUT2D eigenvalue weighted by Gasteiger charge is 2.32. The molecule has 0 unspecified atom stereocenters. The van der Waals surface area contributed by atoms with Crippen LogP contribution in [0.15, 0.2) is 6.33 Å². The molecule has 0 spiro atoms. The number of nitrogens with zero attached hydrogens (tertiary/aromatic N) is 2. The van der Waals surface area contributed by atoms with Gasteiger partial charge in [-0.15, -0.1) is 0 Å². The molecular weight excluding hydrogens is 284 g/mol. The second kappa shape index (κ2) is 7.18. The Morgan fingerprint density at radius 1 is 1.60 bits per heavy atom. The van der Waals surface area contributed by atoms with E-state index in [1.807, 2.05) is 6.26 Å². The Morgan fingerprint density at radius 2 is 2.25 bits per heavy atom. The molecule has 1 aromatic heterocycles. The van der Waals surface area contributed by atoms with Crippen molar-refractivity contribution in [2.75, 3.05) is 18.6 Å². The Hall–Kier alpha value is -1.70. The van der Waals surface area contributed by atoms with Gasteiger partial charge < -0.3 is 15.1 Å². The number of hydrogen-bond donors (Lipinski definition) is 1. The minimum atomic E-state index is -1.03. The van der Waals surface area contributed by atoms with Crippen LogP contribution in [0.25, 0.3) is 0 Å². The summed E-state index contributed by atoms with van der Waals surface area (Å²) in [5, 5.41) is 21.0. The maximum atomic E-state index is 11.8. The molecule has 0 bridgehead atoms. The number of esters is 1. The number of thioether (sulfide) groups is 1. The van der Waals surface area contributed by atoms with Crippen molar-refractivity contribution < 1.29 is 24.2 Å². The number of aliphatic carboxylic acids is 1. The molecule has 1 rings (SSSR count). The summed E-state index contributed by atoms with van der Waals surface area (Å²) in [4.78, 5) is 23.0. The normalized spacial score (nSPS) is 12.2. The third-order valence-electron chi connectivity index (χ3n) is 2.86. The van der Waals surface area contributed by atoms with E-state index in [-0.39, 0.29) is 12.3 Å². The van der Waals surface area contributed by atoms with Gasteiger partial charge in [0.05, 0.1) is 6.61 Å². The van der Waals surface area contributed by atoms with Gasteiger partial charge in [-0.25, -0.2) is 18.9 Å². The molecule has 112 valence electrons. The number of ether oxygens (including phenoxy) is 1.